The Morgan fingerprint density at radius 1 is 1.03 bits per heavy atom. The van der Waals surface area contributed by atoms with Gasteiger partial charge in [-0.2, -0.15) is 0 Å². The minimum Gasteiger partial charge on any atom is -0.494 e. The number of rotatable bonds is 11. The predicted octanol–water partition coefficient (Wildman–Crippen LogP) is 4.15. The minimum atomic E-state index is -3.77. The monoisotopic (exact) mass is 489 g/mol. The first-order chi connectivity index (χ1) is 15.8. The Morgan fingerprint density at radius 2 is 1.73 bits per heavy atom. The van der Waals surface area contributed by atoms with Crippen molar-refractivity contribution in [2.24, 2.45) is 0 Å². The Balaban J connectivity index is 1.90. The molecule has 0 bridgehead atoms. The number of thiazole rings is 1. The van der Waals surface area contributed by atoms with Gasteiger partial charge in [-0.05, 0) is 57.3 Å². The smallest absolute Gasteiger partial charge is 0.244 e. The number of aryl methyl sites for hydroxylation is 1. The Hall–Kier alpha value is -2.49. The molecule has 9 heteroatoms. The first-order valence-corrected chi connectivity index (χ1v) is 13.6. The topological polar surface area (TPSA) is 79.8 Å². The number of carbonyl (C=O) groups excluding carboxylic acids is 1. The van der Waals surface area contributed by atoms with Crippen molar-refractivity contribution < 1.29 is 17.9 Å². The SMILES string of the molecule is CCOc1ccc2nc(N(CCN(CC)CC)C(=O)CS(=O)(=O)c3ccc(C)cc3)sc2c1. The summed E-state index contributed by atoms with van der Waals surface area (Å²) in [6.07, 6.45) is 0. The summed E-state index contributed by atoms with van der Waals surface area (Å²) >= 11 is 1.37. The molecule has 1 amide bonds. The molecule has 2 aromatic carbocycles. The summed E-state index contributed by atoms with van der Waals surface area (Å²) in [7, 11) is -3.77. The number of hydrogen-bond acceptors (Lipinski definition) is 7. The average molecular weight is 490 g/mol. The quantitative estimate of drug-likeness (QED) is 0.403. The van der Waals surface area contributed by atoms with E-state index in [9.17, 15) is 13.2 Å². The zero-order valence-electron chi connectivity index (χ0n) is 19.6. The fourth-order valence-electron chi connectivity index (χ4n) is 3.44. The second-order valence-corrected chi connectivity index (χ2v) is 10.7. The molecule has 0 fully saturated rings. The van der Waals surface area contributed by atoms with Gasteiger partial charge in [0, 0.05) is 13.1 Å². The summed E-state index contributed by atoms with van der Waals surface area (Å²) in [5.41, 5.74) is 1.71. The maximum absolute atomic E-state index is 13.3. The van der Waals surface area contributed by atoms with Gasteiger partial charge < -0.3 is 9.64 Å². The first kappa shape index (κ1) is 25.1. The highest BCUT2D eigenvalue weighted by Gasteiger charge is 2.27. The Bertz CT molecular complexity index is 1190. The van der Waals surface area contributed by atoms with E-state index in [0.29, 0.717) is 24.8 Å². The van der Waals surface area contributed by atoms with Crippen LogP contribution in [-0.4, -0.2) is 62.7 Å². The minimum absolute atomic E-state index is 0.149. The molecule has 0 N–H and O–H groups in total. The van der Waals surface area contributed by atoms with Gasteiger partial charge in [0.05, 0.1) is 21.7 Å². The zero-order valence-corrected chi connectivity index (χ0v) is 21.2. The lowest BCUT2D eigenvalue weighted by atomic mass is 10.2. The third kappa shape index (κ3) is 6.31. The maximum Gasteiger partial charge on any atom is 0.244 e. The maximum atomic E-state index is 13.3. The van der Waals surface area contributed by atoms with Gasteiger partial charge in [-0.3, -0.25) is 9.69 Å². The molecule has 0 atom stereocenters. The highest BCUT2D eigenvalue weighted by Crippen LogP contribution is 2.32. The number of hydrogen-bond donors (Lipinski definition) is 0. The second kappa shape index (κ2) is 11.1. The van der Waals surface area contributed by atoms with Gasteiger partial charge in [0.25, 0.3) is 0 Å². The molecule has 0 spiro atoms. The van der Waals surface area contributed by atoms with Crippen molar-refractivity contribution in [3.05, 3.63) is 48.0 Å². The molecule has 0 saturated carbocycles. The van der Waals surface area contributed by atoms with Crippen LogP contribution in [0.1, 0.15) is 26.3 Å². The van der Waals surface area contributed by atoms with Crippen molar-refractivity contribution in [2.75, 3.05) is 43.4 Å². The Labute approximate surface area is 199 Å². The molecule has 0 unspecified atom stereocenters. The number of aromatic nitrogens is 1. The van der Waals surface area contributed by atoms with E-state index >= 15 is 0 Å². The number of likely N-dealkylation sites (N-methyl/N-ethyl adjacent to an activating group) is 1. The van der Waals surface area contributed by atoms with Gasteiger partial charge in [-0.25, -0.2) is 13.4 Å². The van der Waals surface area contributed by atoms with Crippen molar-refractivity contribution in [1.82, 2.24) is 9.88 Å². The molecule has 1 aromatic heterocycles. The van der Waals surface area contributed by atoms with Crippen molar-refractivity contribution in [3.63, 3.8) is 0 Å². The fourth-order valence-corrected chi connectivity index (χ4v) is 5.68. The molecule has 0 aliphatic rings. The van der Waals surface area contributed by atoms with Gasteiger partial charge in [0.1, 0.15) is 11.5 Å². The lowest BCUT2D eigenvalue weighted by Crippen LogP contribution is -2.41. The van der Waals surface area contributed by atoms with Gasteiger partial charge >= 0.3 is 0 Å². The van der Waals surface area contributed by atoms with E-state index in [1.165, 1.54) is 16.2 Å². The third-order valence-electron chi connectivity index (χ3n) is 5.42. The van der Waals surface area contributed by atoms with E-state index in [1.807, 2.05) is 32.0 Å². The highest BCUT2D eigenvalue weighted by atomic mass is 32.2. The molecule has 0 aliphatic carbocycles. The normalized spacial score (nSPS) is 11.8. The standard InChI is InChI=1S/C24H31N3O4S2/c1-5-26(6-2)14-15-27(23(28)17-33(29,30)20-11-8-18(4)9-12-20)24-25-21-13-10-19(31-7-3)16-22(21)32-24/h8-13,16H,5-7,14-15,17H2,1-4H3. The average Bonchev–Trinajstić information content (AvgIpc) is 3.20. The van der Waals surface area contributed by atoms with Crippen LogP contribution in [-0.2, 0) is 14.6 Å². The molecule has 1 heterocycles. The summed E-state index contributed by atoms with van der Waals surface area (Å²) in [6.45, 7) is 11.2. The van der Waals surface area contributed by atoms with E-state index in [0.717, 1.165) is 34.6 Å². The van der Waals surface area contributed by atoms with Gasteiger partial charge in [-0.1, -0.05) is 42.9 Å². The number of anilines is 1. The van der Waals surface area contributed by atoms with Gasteiger partial charge in [0.15, 0.2) is 15.0 Å². The van der Waals surface area contributed by atoms with Crippen LogP contribution in [0.2, 0.25) is 0 Å². The molecular formula is C24H31N3O4S2. The van der Waals surface area contributed by atoms with Crippen LogP contribution in [0.25, 0.3) is 10.2 Å². The molecule has 3 rings (SSSR count). The number of carbonyl (C=O) groups is 1. The second-order valence-electron chi connectivity index (χ2n) is 7.70. The van der Waals surface area contributed by atoms with E-state index < -0.39 is 21.5 Å². The van der Waals surface area contributed by atoms with Crippen LogP contribution in [0.5, 0.6) is 5.75 Å². The summed E-state index contributed by atoms with van der Waals surface area (Å²) in [5, 5.41) is 0.495. The summed E-state index contributed by atoms with van der Waals surface area (Å²) in [6, 6.07) is 12.2. The molecule has 178 valence electrons. The van der Waals surface area contributed by atoms with Crippen LogP contribution in [0.3, 0.4) is 0 Å². The molecule has 33 heavy (non-hydrogen) atoms. The van der Waals surface area contributed by atoms with E-state index in [1.54, 1.807) is 24.3 Å². The lowest BCUT2D eigenvalue weighted by Gasteiger charge is -2.24. The van der Waals surface area contributed by atoms with E-state index in [2.05, 4.69) is 23.7 Å². The fraction of sp³-hybridized carbons (Fsp3) is 0.417. The zero-order chi connectivity index (χ0) is 24.0. The third-order valence-corrected chi connectivity index (χ3v) is 8.08. The van der Waals surface area contributed by atoms with Gasteiger partial charge in [-0.15, -0.1) is 0 Å². The predicted molar refractivity (Wildman–Crippen MR) is 134 cm³/mol. The summed E-state index contributed by atoms with van der Waals surface area (Å²) in [5.74, 6) is -0.344. The number of amides is 1. The van der Waals surface area contributed by atoms with Crippen LogP contribution < -0.4 is 9.64 Å². The van der Waals surface area contributed by atoms with Crippen molar-refractivity contribution in [3.8, 4) is 5.75 Å². The van der Waals surface area contributed by atoms with Crippen LogP contribution >= 0.6 is 11.3 Å². The molecule has 0 saturated heterocycles. The van der Waals surface area contributed by atoms with Crippen molar-refractivity contribution in [2.45, 2.75) is 32.6 Å². The van der Waals surface area contributed by atoms with Gasteiger partial charge in [0.2, 0.25) is 5.91 Å². The molecule has 0 aliphatic heterocycles. The van der Waals surface area contributed by atoms with Crippen LogP contribution in [0.15, 0.2) is 47.4 Å². The van der Waals surface area contributed by atoms with Crippen LogP contribution in [0, 0.1) is 6.92 Å². The van der Waals surface area contributed by atoms with E-state index in [4.69, 9.17) is 4.74 Å². The summed E-state index contributed by atoms with van der Waals surface area (Å²) in [4.78, 5) is 21.8. The number of ether oxygens (including phenoxy) is 1. The molecular weight excluding hydrogens is 458 g/mol. The lowest BCUT2D eigenvalue weighted by molar-refractivity contribution is -0.116. The molecule has 3 aromatic rings. The number of fused-ring (bicyclic) bond motifs is 1. The number of sulfone groups is 1. The highest BCUT2D eigenvalue weighted by molar-refractivity contribution is 7.92. The summed E-state index contributed by atoms with van der Waals surface area (Å²) < 4.78 is 32.3. The number of benzene rings is 2. The Kier molecular flexibility index (Phi) is 8.45. The Morgan fingerprint density at radius 3 is 2.36 bits per heavy atom. The van der Waals surface area contributed by atoms with E-state index in [-0.39, 0.29) is 4.90 Å². The molecule has 7 nitrogen and oxygen atoms in total. The first-order valence-electron chi connectivity index (χ1n) is 11.1. The van der Waals surface area contributed by atoms with Crippen LogP contribution in [0.4, 0.5) is 5.13 Å². The number of nitrogens with zero attached hydrogens (tertiary/aromatic N) is 3. The molecule has 0 radical (unpaired) electrons. The largest absolute Gasteiger partial charge is 0.494 e. The van der Waals surface area contributed by atoms with Crippen molar-refractivity contribution in [1.29, 1.82) is 0 Å². The van der Waals surface area contributed by atoms with Crippen molar-refractivity contribution >= 4 is 42.4 Å².